The van der Waals surface area contributed by atoms with Crippen LogP contribution in [-0.2, 0) is 0 Å². The van der Waals surface area contributed by atoms with E-state index in [0.717, 1.165) is 23.9 Å². The van der Waals surface area contributed by atoms with Crippen LogP contribution in [0.25, 0.3) is 0 Å². The van der Waals surface area contributed by atoms with Gasteiger partial charge in [-0.05, 0) is 70.2 Å². The first-order chi connectivity index (χ1) is 9.49. The van der Waals surface area contributed by atoms with Crippen molar-refractivity contribution in [1.29, 1.82) is 0 Å². The first kappa shape index (κ1) is 15.3. The number of thiocarbonyl (C=S) groups is 1. The zero-order valence-electron chi connectivity index (χ0n) is 12.9. The van der Waals surface area contributed by atoms with Gasteiger partial charge in [-0.1, -0.05) is 18.2 Å². The number of likely N-dealkylation sites (tertiary alicyclic amines) is 1. The number of para-hydroxylation sites is 1. The summed E-state index contributed by atoms with van der Waals surface area (Å²) < 4.78 is 0. The molecular formula is C16H25N3S. The molecule has 110 valence electrons. The van der Waals surface area contributed by atoms with Crippen LogP contribution < -0.4 is 5.32 Å². The number of nitrogens with zero attached hydrogens (tertiary/aromatic N) is 2. The fraction of sp³-hybridized carbons (Fsp3) is 0.562. The summed E-state index contributed by atoms with van der Waals surface area (Å²) in [5.74, 6) is 0. The van der Waals surface area contributed by atoms with Gasteiger partial charge in [-0.25, -0.2) is 0 Å². The van der Waals surface area contributed by atoms with E-state index in [2.05, 4.69) is 61.3 Å². The molecule has 1 aliphatic heterocycles. The maximum atomic E-state index is 5.59. The Morgan fingerprint density at radius 3 is 2.35 bits per heavy atom. The van der Waals surface area contributed by atoms with Crippen molar-refractivity contribution in [3.63, 3.8) is 0 Å². The summed E-state index contributed by atoms with van der Waals surface area (Å²) in [5.41, 5.74) is 3.63. The van der Waals surface area contributed by atoms with Crippen LogP contribution in [0.4, 0.5) is 5.69 Å². The molecule has 0 aliphatic carbocycles. The molecule has 1 saturated heterocycles. The first-order valence-corrected chi connectivity index (χ1v) is 7.68. The highest BCUT2D eigenvalue weighted by Crippen LogP contribution is 2.21. The molecule has 1 aromatic carbocycles. The second kappa shape index (κ2) is 6.55. The third-order valence-corrected chi connectivity index (χ3v) is 4.66. The molecule has 1 N–H and O–H groups in total. The van der Waals surface area contributed by atoms with Crippen molar-refractivity contribution in [3.8, 4) is 0 Å². The molecule has 1 fully saturated rings. The molecule has 1 aliphatic rings. The Morgan fingerprint density at radius 1 is 1.25 bits per heavy atom. The van der Waals surface area contributed by atoms with Gasteiger partial charge < -0.3 is 15.1 Å². The second-order valence-corrected chi connectivity index (χ2v) is 6.23. The minimum Gasteiger partial charge on any atom is -0.349 e. The maximum absolute atomic E-state index is 5.59. The van der Waals surface area contributed by atoms with Crippen molar-refractivity contribution < 1.29 is 0 Å². The van der Waals surface area contributed by atoms with Crippen molar-refractivity contribution in [3.05, 3.63) is 29.3 Å². The second-order valence-electron chi connectivity index (χ2n) is 5.84. The zero-order valence-corrected chi connectivity index (χ0v) is 13.8. The van der Waals surface area contributed by atoms with Crippen molar-refractivity contribution in [1.82, 2.24) is 9.80 Å². The smallest absolute Gasteiger partial charge is 0.173 e. The number of anilines is 1. The fourth-order valence-corrected chi connectivity index (χ4v) is 3.01. The number of hydrogen-bond acceptors (Lipinski definition) is 2. The standard InChI is InChI=1S/C16H25N3S/c1-12-6-5-7-13(2)15(12)17-16(20)19(4)14-8-10-18(3)11-9-14/h5-7,14H,8-11H2,1-4H3,(H,17,20). The van der Waals surface area contributed by atoms with Crippen molar-refractivity contribution in [2.24, 2.45) is 0 Å². The summed E-state index contributed by atoms with van der Waals surface area (Å²) in [6.45, 7) is 6.54. The lowest BCUT2D eigenvalue weighted by atomic mass is 10.0. The highest BCUT2D eigenvalue weighted by atomic mass is 32.1. The average Bonchev–Trinajstić information content (AvgIpc) is 2.43. The van der Waals surface area contributed by atoms with Crippen LogP contribution in [-0.4, -0.2) is 48.1 Å². The third kappa shape index (κ3) is 3.49. The first-order valence-electron chi connectivity index (χ1n) is 7.27. The van der Waals surface area contributed by atoms with E-state index in [0.29, 0.717) is 6.04 Å². The Bertz CT molecular complexity index is 458. The predicted octanol–water partition coefficient (Wildman–Crippen LogP) is 3.03. The van der Waals surface area contributed by atoms with Gasteiger partial charge in [0.2, 0.25) is 0 Å². The largest absolute Gasteiger partial charge is 0.349 e. The lowest BCUT2D eigenvalue weighted by Gasteiger charge is -2.36. The van der Waals surface area contributed by atoms with Crippen molar-refractivity contribution in [2.45, 2.75) is 32.7 Å². The summed E-state index contributed by atoms with van der Waals surface area (Å²) in [6, 6.07) is 6.87. The van der Waals surface area contributed by atoms with Crippen molar-refractivity contribution >= 4 is 23.0 Å². The van der Waals surface area contributed by atoms with Gasteiger partial charge >= 0.3 is 0 Å². The minimum absolute atomic E-state index is 0.551. The van der Waals surface area contributed by atoms with Gasteiger partial charge in [-0.15, -0.1) is 0 Å². The molecule has 0 radical (unpaired) electrons. The van der Waals surface area contributed by atoms with Gasteiger partial charge in [0.1, 0.15) is 0 Å². The number of rotatable bonds is 2. The molecule has 2 rings (SSSR count). The molecule has 0 saturated carbocycles. The van der Waals surface area contributed by atoms with Crippen LogP contribution in [0.15, 0.2) is 18.2 Å². The molecule has 1 aromatic rings. The molecule has 0 bridgehead atoms. The van der Waals surface area contributed by atoms with Gasteiger partial charge in [-0.2, -0.15) is 0 Å². The Balaban J connectivity index is 2.01. The summed E-state index contributed by atoms with van der Waals surface area (Å²) in [6.07, 6.45) is 2.36. The lowest BCUT2D eigenvalue weighted by molar-refractivity contribution is 0.193. The normalized spacial score (nSPS) is 17.0. The number of nitrogens with one attached hydrogen (secondary N) is 1. The number of benzene rings is 1. The Kier molecular flexibility index (Phi) is 5.00. The van der Waals surface area contributed by atoms with Crippen LogP contribution in [0, 0.1) is 13.8 Å². The Hall–Kier alpha value is -1.13. The van der Waals surface area contributed by atoms with E-state index in [1.165, 1.54) is 24.0 Å². The van der Waals surface area contributed by atoms with Crippen LogP contribution >= 0.6 is 12.2 Å². The van der Waals surface area contributed by atoms with Gasteiger partial charge in [0.25, 0.3) is 0 Å². The lowest BCUT2D eigenvalue weighted by Crippen LogP contribution is -2.46. The van der Waals surface area contributed by atoms with Crippen molar-refractivity contribution in [2.75, 3.05) is 32.5 Å². The van der Waals surface area contributed by atoms with E-state index in [4.69, 9.17) is 12.2 Å². The molecule has 0 atom stereocenters. The summed E-state index contributed by atoms with van der Waals surface area (Å²) >= 11 is 5.59. The summed E-state index contributed by atoms with van der Waals surface area (Å²) in [4.78, 5) is 4.61. The highest BCUT2D eigenvalue weighted by Gasteiger charge is 2.22. The predicted molar refractivity (Wildman–Crippen MR) is 90.4 cm³/mol. The Labute approximate surface area is 128 Å². The SMILES string of the molecule is Cc1cccc(C)c1NC(=S)N(C)C1CCN(C)CC1. The van der Waals surface area contributed by atoms with Gasteiger partial charge in [0.15, 0.2) is 5.11 Å². The average molecular weight is 291 g/mol. The molecule has 0 spiro atoms. The molecule has 3 nitrogen and oxygen atoms in total. The van der Waals surface area contributed by atoms with E-state index >= 15 is 0 Å². The van der Waals surface area contributed by atoms with Gasteiger partial charge in [0.05, 0.1) is 0 Å². The molecule has 20 heavy (non-hydrogen) atoms. The maximum Gasteiger partial charge on any atom is 0.173 e. The topological polar surface area (TPSA) is 18.5 Å². The van der Waals surface area contributed by atoms with Crippen LogP contribution in [0.5, 0.6) is 0 Å². The van der Waals surface area contributed by atoms with Crippen LogP contribution in [0.1, 0.15) is 24.0 Å². The third-order valence-electron chi connectivity index (χ3n) is 4.27. The summed E-state index contributed by atoms with van der Waals surface area (Å²) in [7, 11) is 4.29. The Morgan fingerprint density at radius 2 is 1.80 bits per heavy atom. The fourth-order valence-electron chi connectivity index (χ4n) is 2.75. The van der Waals surface area contributed by atoms with Gasteiger partial charge in [0, 0.05) is 18.8 Å². The number of aryl methyl sites for hydroxylation is 2. The minimum atomic E-state index is 0.551. The van der Waals surface area contributed by atoms with Gasteiger partial charge in [-0.3, -0.25) is 0 Å². The summed E-state index contributed by atoms with van der Waals surface area (Å²) in [5, 5.41) is 4.26. The molecule has 0 amide bonds. The van der Waals surface area contributed by atoms with Crippen LogP contribution in [0.3, 0.4) is 0 Å². The molecule has 0 unspecified atom stereocenters. The zero-order chi connectivity index (χ0) is 14.7. The highest BCUT2D eigenvalue weighted by molar-refractivity contribution is 7.80. The van der Waals surface area contributed by atoms with E-state index in [-0.39, 0.29) is 0 Å². The van der Waals surface area contributed by atoms with E-state index in [9.17, 15) is 0 Å². The quantitative estimate of drug-likeness (QED) is 0.844. The van der Waals surface area contributed by atoms with E-state index in [1.54, 1.807) is 0 Å². The monoisotopic (exact) mass is 291 g/mol. The molecule has 1 heterocycles. The number of piperidine rings is 1. The molecule has 0 aromatic heterocycles. The van der Waals surface area contributed by atoms with E-state index < -0.39 is 0 Å². The molecule has 4 heteroatoms. The number of hydrogen-bond donors (Lipinski definition) is 1. The van der Waals surface area contributed by atoms with E-state index in [1.807, 2.05) is 0 Å². The van der Waals surface area contributed by atoms with Crippen LogP contribution in [0.2, 0.25) is 0 Å². The molecular weight excluding hydrogens is 266 g/mol.